The zero-order chi connectivity index (χ0) is 13.9. The highest BCUT2D eigenvalue weighted by Crippen LogP contribution is 2.27. The third-order valence-electron chi connectivity index (χ3n) is 2.37. The van der Waals surface area contributed by atoms with Crippen molar-refractivity contribution in [3.63, 3.8) is 0 Å². The number of aromatic hydroxyl groups is 1. The summed E-state index contributed by atoms with van der Waals surface area (Å²) in [5.74, 6) is 0.0462. The Morgan fingerprint density at radius 3 is 2.80 bits per heavy atom. The van der Waals surface area contributed by atoms with Crippen LogP contribution in [0.3, 0.4) is 0 Å². The highest BCUT2D eigenvalue weighted by molar-refractivity contribution is 9.10. The number of halogens is 1. The predicted octanol–water partition coefficient (Wildman–Crippen LogP) is 3.41. The fourth-order valence-electron chi connectivity index (χ4n) is 1.46. The van der Waals surface area contributed by atoms with E-state index >= 15 is 0 Å². The van der Waals surface area contributed by atoms with Gasteiger partial charge in [-0.2, -0.15) is 0 Å². The van der Waals surface area contributed by atoms with Gasteiger partial charge >= 0.3 is 5.95 Å². The van der Waals surface area contributed by atoms with E-state index in [0.717, 1.165) is 10.0 Å². The fourth-order valence-corrected chi connectivity index (χ4v) is 2.12. The lowest BCUT2D eigenvalue weighted by Gasteiger charge is -1.94. The molecule has 0 aliphatic heterocycles. The lowest BCUT2D eigenvalue weighted by Crippen LogP contribution is -1.82. The number of oxazole rings is 1. The Balaban J connectivity index is 1.89. The summed E-state index contributed by atoms with van der Waals surface area (Å²) < 4.78 is 6.17. The van der Waals surface area contributed by atoms with Gasteiger partial charge in [0.1, 0.15) is 5.51 Å². The van der Waals surface area contributed by atoms with Crippen molar-refractivity contribution in [1.82, 2.24) is 15.2 Å². The quantitative estimate of drug-likeness (QED) is 0.731. The molecule has 3 rings (SSSR count). The van der Waals surface area contributed by atoms with Crippen LogP contribution in [0.25, 0.3) is 11.5 Å². The third kappa shape index (κ3) is 2.75. The van der Waals surface area contributed by atoms with E-state index in [9.17, 15) is 5.11 Å². The standard InChI is InChI=1S/C12H7BrN4O2S/c13-8-3-1-7(2-4-8)10-16-9(11(18)19-10)5-14-12-17-15-6-20-12/h1-6,18H/b14-5+. The minimum Gasteiger partial charge on any atom is -0.479 e. The molecule has 0 aliphatic rings. The first-order chi connectivity index (χ1) is 9.72. The van der Waals surface area contributed by atoms with Crippen LogP contribution in [0.1, 0.15) is 5.69 Å². The maximum absolute atomic E-state index is 9.71. The van der Waals surface area contributed by atoms with Crippen molar-refractivity contribution in [1.29, 1.82) is 0 Å². The molecule has 0 saturated heterocycles. The molecule has 0 unspecified atom stereocenters. The van der Waals surface area contributed by atoms with E-state index in [-0.39, 0.29) is 11.6 Å². The monoisotopic (exact) mass is 350 g/mol. The maximum Gasteiger partial charge on any atom is 0.312 e. The highest BCUT2D eigenvalue weighted by Gasteiger charge is 2.12. The summed E-state index contributed by atoms with van der Waals surface area (Å²) in [6, 6.07) is 7.40. The smallest absolute Gasteiger partial charge is 0.312 e. The number of aromatic nitrogens is 3. The van der Waals surface area contributed by atoms with Crippen molar-refractivity contribution in [2.45, 2.75) is 0 Å². The van der Waals surface area contributed by atoms with E-state index in [1.54, 1.807) is 5.51 Å². The van der Waals surface area contributed by atoms with Crippen LogP contribution in [0.2, 0.25) is 0 Å². The van der Waals surface area contributed by atoms with Gasteiger partial charge in [0.05, 0.1) is 6.21 Å². The van der Waals surface area contributed by atoms with Crippen molar-refractivity contribution in [2.75, 3.05) is 0 Å². The molecule has 8 heteroatoms. The SMILES string of the molecule is Oc1oc(-c2ccc(Br)cc2)nc1/C=N/c1nncs1. The molecule has 2 aromatic heterocycles. The minimum atomic E-state index is -0.281. The Labute approximate surface area is 126 Å². The first-order valence-electron chi connectivity index (χ1n) is 5.48. The average Bonchev–Trinajstić information content (AvgIpc) is 3.07. The van der Waals surface area contributed by atoms with Gasteiger partial charge < -0.3 is 9.52 Å². The van der Waals surface area contributed by atoms with E-state index in [1.807, 2.05) is 24.3 Å². The molecular formula is C12H7BrN4O2S. The molecule has 1 aromatic carbocycles. The first-order valence-corrected chi connectivity index (χ1v) is 7.15. The van der Waals surface area contributed by atoms with Gasteiger partial charge in [-0.05, 0) is 24.3 Å². The summed E-state index contributed by atoms with van der Waals surface area (Å²) in [6.07, 6.45) is 1.39. The number of rotatable bonds is 3. The maximum atomic E-state index is 9.71. The normalized spacial score (nSPS) is 11.2. The Morgan fingerprint density at radius 1 is 1.30 bits per heavy atom. The minimum absolute atomic E-state index is 0.248. The number of hydrogen-bond acceptors (Lipinski definition) is 7. The van der Waals surface area contributed by atoms with Crippen LogP contribution in [0.5, 0.6) is 5.95 Å². The number of benzene rings is 1. The number of aliphatic imine (C=N–C) groups is 1. The van der Waals surface area contributed by atoms with Crippen LogP contribution < -0.4 is 0 Å². The zero-order valence-corrected chi connectivity index (χ0v) is 12.3. The van der Waals surface area contributed by atoms with Crippen LogP contribution in [0, 0.1) is 0 Å². The van der Waals surface area contributed by atoms with Crippen LogP contribution >= 0.6 is 27.3 Å². The van der Waals surface area contributed by atoms with Crippen LogP contribution in [-0.2, 0) is 0 Å². The largest absolute Gasteiger partial charge is 0.479 e. The van der Waals surface area contributed by atoms with E-state index < -0.39 is 0 Å². The third-order valence-corrected chi connectivity index (χ3v) is 3.50. The molecule has 0 bridgehead atoms. The number of hydrogen-bond donors (Lipinski definition) is 1. The van der Waals surface area contributed by atoms with Gasteiger partial charge in [-0.1, -0.05) is 27.3 Å². The van der Waals surface area contributed by atoms with E-state index in [2.05, 4.69) is 36.1 Å². The molecule has 0 fully saturated rings. The molecule has 0 radical (unpaired) electrons. The lowest BCUT2D eigenvalue weighted by molar-refractivity contribution is 0.337. The van der Waals surface area contributed by atoms with Crippen molar-refractivity contribution in [3.8, 4) is 17.4 Å². The van der Waals surface area contributed by atoms with Gasteiger partial charge in [-0.15, -0.1) is 10.2 Å². The Bertz CT molecular complexity index is 737. The van der Waals surface area contributed by atoms with Gasteiger partial charge in [-0.25, -0.2) is 9.98 Å². The predicted molar refractivity (Wildman–Crippen MR) is 78.5 cm³/mol. The second-order valence-corrected chi connectivity index (χ2v) is 5.42. The summed E-state index contributed by atoms with van der Waals surface area (Å²) in [6.45, 7) is 0. The van der Waals surface area contributed by atoms with E-state index in [4.69, 9.17) is 4.42 Å². The first kappa shape index (κ1) is 12.9. The summed E-state index contributed by atoms with van der Waals surface area (Å²) in [5, 5.41) is 17.6. The van der Waals surface area contributed by atoms with E-state index in [0.29, 0.717) is 11.0 Å². The number of nitrogens with zero attached hydrogens (tertiary/aromatic N) is 4. The molecule has 6 nitrogen and oxygen atoms in total. The van der Waals surface area contributed by atoms with Gasteiger partial charge in [0.25, 0.3) is 0 Å². The average molecular weight is 351 g/mol. The molecular weight excluding hydrogens is 344 g/mol. The summed E-state index contributed by atoms with van der Waals surface area (Å²) in [4.78, 5) is 8.23. The highest BCUT2D eigenvalue weighted by atomic mass is 79.9. The summed E-state index contributed by atoms with van der Waals surface area (Å²) in [7, 11) is 0. The second kappa shape index (κ2) is 5.51. The molecule has 0 atom stereocenters. The molecule has 100 valence electrons. The zero-order valence-electron chi connectivity index (χ0n) is 9.89. The van der Waals surface area contributed by atoms with Crippen molar-refractivity contribution >= 4 is 38.6 Å². The summed E-state index contributed by atoms with van der Waals surface area (Å²) >= 11 is 4.64. The van der Waals surface area contributed by atoms with Gasteiger partial charge in [0.15, 0.2) is 5.69 Å². The van der Waals surface area contributed by atoms with Gasteiger partial charge in [0, 0.05) is 10.0 Å². The molecule has 20 heavy (non-hydrogen) atoms. The second-order valence-electron chi connectivity index (χ2n) is 3.70. The fraction of sp³-hybridized carbons (Fsp3) is 0. The van der Waals surface area contributed by atoms with Crippen LogP contribution in [0.4, 0.5) is 5.13 Å². The molecule has 3 aromatic rings. The molecule has 1 N–H and O–H groups in total. The Morgan fingerprint density at radius 2 is 2.10 bits per heavy atom. The Kier molecular flexibility index (Phi) is 3.57. The van der Waals surface area contributed by atoms with Crippen LogP contribution in [0.15, 0.2) is 43.7 Å². The van der Waals surface area contributed by atoms with E-state index in [1.165, 1.54) is 17.6 Å². The molecule has 0 amide bonds. The van der Waals surface area contributed by atoms with Crippen molar-refractivity contribution in [2.24, 2.45) is 4.99 Å². The topological polar surface area (TPSA) is 84.4 Å². The van der Waals surface area contributed by atoms with Crippen LogP contribution in [-0.4, -0.2) is 26.5 Å². The van der Waals surface area contributed by atoms with Gasteiger partial charge in [-0.3, -0.25) is 0 Å². The lowest BCUT2D eigenvalue weighted by atomic mass is 10.2. The molecule has 0 saturated carbocycles. The molecule has 0 aliphatic carbocycles. The Hall–Kier alpha value is -2.06. The van der Waals surface area contributed by atoms with Crippen molar-refractivity contribution in [3.05, 3.63) is 39.9 Å². The van der Waals surface area contributed by atoms with Gasteiger partial charge in [0.2, 0.25) is 11.0 Å². The van der Waals surface area contributed by atoms with Crippen molar-refractivity contribution < 1.29 is 9.52 Å². The molecule has 0 spiro atoms. The summed E-state index contributed by atoms with van der Waals surface area (Å²) in [5.41, 5.74) is 2.58. The molecule has 2 heterocycles.